The van der Waals surface area contributed by atoms with Crippen molar-refractivity contribution < 1.29 is 4.79 Å². The molecule has 1 nitrogen and oxygen atoms in total. The summed E-state index contributed by atoms with van der Waals surface area (Å²) in [6, 6.07) is 0. The van der Waals surface area contributed by atoms with Gasteiger partial charge in [-0.05, 0) is 48.5 Å². The van der Waals surface area contributed by atoms with Gasteiger partial charge in [-0.25, -0.2) is 0 Å². The Hall–Kier alpha value is -0.590. The highest BCUT2D eigenvalue weighted by atomic mass is 16.1. The maximum atomic E-state index is 12.5. The van der Waals surface area contributed by atoms with Crippen LogP contribution in [0.3, 0.4) is 0 Å². The van der Waals surface area contributed by atoms with Gasteiger partial charge in [0.25, 0.3) is 0 Å². The largest absolute Gasteiger partial charge is 0.294 e. The normalized spacial score (nSPS) is 37.4. The zero-order valence-corrected chi connectivity index (χ0v) is 12.0. The van der Waals surface area contributed by atoms with E-state index in [4.69, 9.17) is 0 Å². The van der Waals surface area contributed by atoms with Gasteiger partial charge >= 0.3 is 0 Å². The SMILES string of the molecule is CC(C)CCC=C1C(=O)C2(C)CCC1C2(C)C. The van der Waals surface area contributed by atoms with Crippen molar-refractivity contribution in [2.45, 2.75) is 60.3 Å². The van der Waals surface area contributed by atoms with E-state index in [1.165, 1.54) is 12.8 Å². The van der Waals surface area contributed by atoms with Crippen molar-refractivity contribution in [2.75, 3.05) is 0 Å². The first-order valence-corrected chi connectivity index (χ1v) is 7.05. The highest BCUT2D eigenvalue weighted by Gasteiger charge is 2.63. The molecule has 0 aliphatic heterocycles. The number of fused-ring (bicyclic) bond motifs is 2. The minimum atomic E-state index is -0.0820. The molecule has 2 unspecified atom stereocenters. The van der Waals surface area contributed by atoms with Crippen LogP contribution in [0.2, 0.25) is 0 Å². The number of carbonyl (C=O) groups is 1. The first kappa shape index (κ1) is 12.9. The molecule has 2 bridgehead atoms. The van der Waals surface area contributed by atoms with E-state index in [0.29, 0.717) is 11.7 Å². The summed E-state index contributed by atoms with van der Waals surface area (Å²) in [5, 5.41) is 0. The van der Waals surface area contributed by atoms with Gasteiger partial charge in [-0.15, -0.1) is 0 Å². The van der Waals surface area contributed by atoms with Crippen LogP contribution in [0, 0.1) is 22.7 Å². The fraction of sp³-hybridized carbons (Fsp3) is 0.812. The quantitative estimate of drug-likeness (QED) is 0.662. The third kappa shape index (κ3) is 1.70. The summed E-state index contributed by atoms with van der Waals surface area (Å²) in [4.78, 5) is 12.5. The van der Waals surface area contributed by atoms with E-state index < -0.39 is 0 Å². The Bertz CT molecular complexity index is 362. The zero-order valence-electron chi connectivity index (χ0n) is 12.0. The highest BCUT2D eigenvalue weighted by molar-refractivity contribution is 6.04. The van der Waals surface area contributed by atoms with E-state index in [9.17, 15) is 4.79 Å². The predicted molar refractivity (Wildman–Crippen MR) is 71.8 cm³/mol. The highest BCUT2D eigenvalue weighted by Crippen LogP contribution is 2.65. The van der Waals surface area contributed by atoms with Gasteiger partial charge in [0.05, 0.1) is 0 Å². The monoisotopic (exact) mass is 234 g/mol. The van der Waals surface area contributed by atoms with Gasteiger partial charge in [-0.2, -0.15) is 0 Å². The van der Waals surface area contributed by atoms with Gasteiger partial charge in [0, 0.05) is 5.41 Å². The molecule has 0 radical (unpaired) electrons. The zero-order chi connectivity index (χ0) is 12.8. The second-order valence-electron chi connectivity index (χ2n) is 7.10. The summed E-state index contributed by atoms with van der Waals surface area (Å²) in [5.41, 5.74) is 1.25. The first-order valence-electron chi connectivity index (χ1n) is 7.05. The average molecular weight is 234 g/mol. The Morgan fingerprint density at radius 2 is 2.00 bits per heavy atom. The molecule has 0 saturated heterocycles. The lowest BCUT2D eigenvalue weighted by Crippen LogP contribution is -2.32. The molecule has 2 fully saturated rings. The van der Waals surface area contributed by atoms with Crippen molar-refractivity contribution >= 4 is 5.78 Å². The van der Waals surface area contributed by atoms with Crippen molar-refractivity contribution in [2.24, 2.45) is 22.7 Å². The molecular formula is C16H26O. The molecule has 0 aromatic rings. The second kappa shape index (κ2) is 3.96. The Balaban J connectivity index is 2.20. The van der Waals surface area contributed by atoms with E-state index >= 15 is 0 Å². The Morgan fingerprint density at radius 1 is 1.35 bits per heavy atom. The Kier molecular flexibility index (Phi) is 3.00. The molecule has 0 amide bonds. The lowest BCUT2D eigenvalue weighted by atomic mass is 9.70. The smallest absolute Gasteiger partial charge is 0.165 e. The van der Waals surface area contributed by atoms with Crippen molar-refractivity contribution in [1.29, 1.82) is 0 Å². The molecule has 2 aliphatic carbocycles. The molecule has 0 heterocycles. The predicted octanol–water partition coefficient (Wildman–Crippen LogP) is 4.37. The van der Waals surface area contributed by atoms with Crippen molar-refractivity contribution in [1.82, 2.24) is 0 Å². The lowest BCUT2D eigenvalue weighted by molar-refractivity contribution is -0.125. The van der Waals surface area contributed by atoms with Gasteiger partial charge in [0.2, 0.25) is 0 Å². The molecule has 0 aromatic heterocycles. The van der Waals surface area contributed by atoms with Crippen LogP contribution in [0.15, 0.2) is 11.6 Å². The van der Waals surface area contributed by atoms with Crippen LogP contribution < -0.4 is 0 Å². The van der Waals surface area contributed by atoms with Crippen LogP contribution in [0.1, 0.15) is 60.3 Å². The summed E-state index contributed by atoms with van der Waals surface area (Å²) >= 11 is 0. The molecule has 0 N–H and O–H groups in total. The van der Waals surface area contributed by atoms with E-state index in [1.807, 2.05) is 0 Å². The summed E-state index contributed by atoms with van der Waals surface area (Å²) in [7, 11) is 0. The van der Waals surface area contributed by atoms with Crippen LogP contribution in [0.4, 0.5) is 0 Å². The van der Waals surface area contributed by atoms with Crippen molar-refractivity contribution in [3.8, 4) is 0 Å². The summed E-state index contributed by atoms with van der Waals surface area (Å²) in [5.74, 6) is 1.69. The number of hydrogen-bond acceptors (Lipinski definition) is 1. The number of ketones is 1. The molecule has 2 rings (SSSR count). The average Bonchev–Trinajstić information content (AvgIpc) is 2.52. The van der Waals surface area contributed by atoms with Gasteiger partial charge in [-0.3, -0.25) is 4.79 Å². The Morgan fingerprint density at radius 3 is 2.47 bits per heavy atom. The second-order valence-corrected chi connectivity index (χ2v) is 7.10. The van der Waals surface area contributed by atoms with Crippen molar-refractivity contribution in [3.05, 3.63) is 11.6 Å². The summed E-state index contributed by atoms with van der Waals surface area (Å²) < 4.78 is 0. The fourth-order valence-corrected chi connectivity index (χ4v) is 3.73. The maximum absolute atomic E-state index is 12.5. The topological polar surface area (TPSA) is 17.1 Å². The fourth-order valence-electron chi connectivity index (χ4n) is 3.73. The van der Waals surface area contributed by atoms with E-state index in [2.05, 4.69) is 40.7 Å². The number of hydrogen-bond donors (Lipinski definition) is 0. The molecule has 1 heteroatoms. The van der Waals surface area contributed by atoms with E-state index in [-0.39, 0.29) is 10.8 Å². The number of carbonyl (C=O) groups excluding carboxylic acids is 1. The molecule has 2 atom stereocenters. The minimum Gasteiger partial charge on any atom is -0.294 e. The van der Waals surface area contributed by atoms with E-state index in [1.54, 1.807) is 0 Å². The van der Waals surface area contributed by atoms with Gasteiger partial charge in [-0.1, -0.05) is 40.7 Å². The first-order chi connectivity index (χ1) is 7.80. The van der Waals surface area contributed by atoms with Crippen LogP contribution in [-0.2, 0) is 4.79 Å². The van der Waals surface area contributed by atoms with Crippen molar-refractivity contribution in [3.63, 3.8) is 0 Å². The number of rotatable bonds is 3. The van der Waals surface area contributed by atoms with Crippen LogP contribution in [-0.4, -0.2) is 5.78 Å². The van der Waals surface area contributed by atoms with Crippen LogP contribution in [0.25, 0.3) is 0 Å². The molecule has 2 aliphatic rings. The van der Waals surface area contributed by atoms with Crippen LogP contribution >= 0.6 is 0 Å². The number of Topliss-reactive ketones (excluding diaryl/α,β-unsaturated/α-hetero) is 1. The summed E-state index contributed by atoms with van der Waals surface area (Å²) in [6.07, 6.45) is 6.81. The van der Waals surface area contributed by atoms with Gasteiger partial charge in [0.1, 0.15) is 0 Å². The lowest BCUT2D eigenvalue weighted by Gasteiger charge is -2.31. The third-order valence-corrected chi connectivity index (χ3v) is 5.47. The van der Waals surface area contributed by atoms with Gasteiger partial charge < -0.3 is 0 Å². The molecule has 2 saturated carbocycles. The van der Waals surface area contributed by atoms with Crippen LogP contribution in [0.5, 0.6) is 0 Å². The maximum Gasteiger partial charge on any atom is 0.165 e. The molecule has 17 heavy (non-hydrogen) atoms. The molecule has 0 spiro atoms. The third-order valence-electron chi connectivity index (χ3n) is 5.47. The Labute approximate surface area is 106 Å². The van der Waals surface area contributed by atoms with E-state index in [0.717, 1.165) is 24.3 Å². The number of allylic oxidation sites excluding steroid dienone is 2. The molecule has 0 aromatic carbocycles. The molecule has 96 valence electrons. The minimum absolute atomic E-state index is 0.0820. The standard InChI is InChI=1S/C16H26O/c1-11(2)7-6-8-12-13-9-10-16(5,14(12)17)15(13,3)4/h8,11,13H,6-7,9-10H2,1-5H3. The van der Waals surface area contributed by atoms with Gasteiger partial charge in [0.15, 0.2) is 5.78 Å². The molecular weight excluding hydrogens is 208 g/mol. The summed E-state index contributed by atoms with van der Waals surface area (Å²) in [6.45, 7) is 11.2.